The molecule has 0 amide bonds. The highest BCUT2D eigenvalue weighted by atomic mass is 79.9. The smallest absolute Gasteiger partial charge is 0.330 e. The molecule has 0 heterocycles. The molecule has 0 unspecified atom stereocenters. The van der Waals surface area contributed by atoms with Crippen LogP contribution in [0, 0.1) is 6.92 Å². The zero-order valence-corrected chi connectivity index (χ0v) is 16.2. The van der Waals surface area contributed by atoms with Crippen molar-refractivity contribution < 1.29 is 17.9 Å². The number of anilines is 1. The van der Waals surface area contributed by atoms with Crippen molar-refractivity contribution in [3.05, 3.63) is 70.7 Å². The van der Waals surface area contributed by atoms with Crippen molar-refractivity contribution in [1.82, 2.24) is 0 Å². The van der Waals surface area contributed by atoms with Gasteiger partial charge in [-0.25, -0.2) is 13.2 Å². The lowest BCUT2D eigenvalue weighted by Gasteiger charge is -2.24. The number of sulfonamides is 1. The predicted molar refractivity (Wildman–Crippen MR) is 101 cm³/mol. The highest BCUT2D eigenvalue weighted by Gasteiger charge is 2.25. The molecule has 2 aromatic rings. The van der Waals surface area contributed by atoms with Crippen LogP contribution in [0.25, 0.3) is 0 Å². The van der Waals surface area contributed by atoms with Crippen LogP contribution in [0.3, 0.4) is 0 Å². The minimum atomic E-state index is -3.80. The number of rotatable bonds is 6. The summed E-state index contributed by atoms with van der Waals surface area (Å²) in [6.45, 7) is 1.88. The molecule has 2 rings (SSSR count). The summed E-state index contributed by atoms with van der Waals surface area (Å²) in [6.07, 6.45) is 2.66. The van der Waals surface area contributed by atoms with E-state index >= 15 is 0 Å². The number of hydrogen-bond donors (Lipinski definition) is 0. The summed E-state index contributed by atoms with van der Waals surface area (Å²) < 4.78 is 32.6. The Hall–Kier alpha value is -2.12. The number of methoxy groups -OCH3 is 1. The van der Waals surface area contributed by atoms with E-state index in [0.717, 1.165) is 5.56 Å². The number of para-hydroxylation sites is 1. The van der Waals surface area contributed by atoms with Crippen LogP contribution in [-0.4, -0.2) is 28.0 Å². The maximum absolute atomic E-state index is 13.1. The highest BCUT2D eigenvalue weighted by Crippen LogP contribution is 2.30. The maximum Gasteiger partial charge on any atom is 0.330 e. The predicted octanol–water partition coefficient (Wildman–Crippen LogP) is 3.68. The molecular formula is C18H18BrNO4S. The molecule has 0 fully saturated rings. The van der Waals surface area contributed by atoms with E-state index in [0.29, 0.717) is 10.2 Å². The molecule has 0 atom stereocenters. The standard InChI is InChI=1S/C18H18BrNO4S/c1-14-9-11-15(12-10-14)25(22,23)20(13-5-8-18(21)24-2)17-7-4-3-6-16(17)19/h3-12H,13H2,1-2H3/b8-5+. The summed E-state index contributed by atoms with van der Waals surface area (Å²) in [4.78, 5) is 11.4. The van der Waals surface area contributed by atoms with Crippen molar-refractivity contribution >= 4 is 37.6 Å². The lowest BCUT2D eigenvalue weighted by molar-refractivity contribution is -0.134. The molecule has 2 aromatic carbocycles. The molecule has 0 aliphatic carbocycles. The van der Waals surface area contributed by atoms with Crippen molar-refractivity contribution in [2.75, 3.05) is 18.0 Å². The van der Waals surface area contributed by atoms with Gasteiger partial charge in [0.05, 0.1) is 24.2 Å². The first-order valence-corrected chi connectivity index (χ1v) is 9.68. The van der Waals surface area contributed by atoms with E-state index in [2.05, 4.69) is 20.7 Å². The highest BCUT2D eigenvalue weighted by molar-refractivity contribution is 9.10. The number of halogens is 1. The van der Waals surface area contributed by atoms with Gasteiger partial charge in [-0.1, -0.05) is 35.9 Å². The molecular weight excluding hydrogens is 406 g/mol. The van der Waals surface area contributed by atoms with E-state index in [9.17, 15) is 13.2 Å². The van der Waals surface area contributed by atoms with Crippen molar-refractivity contribution in [3.8, 4) is 0 Å². The van der Waals surface area contributed by atoms with Gasteiger partial charge in [0, 0.05) is 10.5 Å². The van der Waals surface area contributed by atoms with Crippen molar-refractivity contribution in [1.29, 1.82) is 0 Å². The summed E-state index contributed by atoms with van der Waals surface area (Å²) in [5, 5.41) is 0. The van der Waals surface area contributed by atoms with E-state index in [1.54, 1.807) is 48.5 Å². The molecule has 5 nitrogen and oxygen atoms in total. The van der Waals surface area contributed by atoms with Crippen LogP contribution >= 0.6 is 15.9 Å². The summed E-state index contributed by atoms with van der Waals surface area (Å²) in [7, 11) is -2.53. The van der Waals surface area contributed by atoms with Crippen LogP contribution in [0.5, 0.6) is 0 Å². The number of ether oxygens (including phenoxy) is 1. The molecule has 25 heavy (non-hydrogen) atoms. The number of esters is 1. The Kier molecular flexibility index (Phi) is 6.39. The summed E-state index contributed by atoms with van der Waals surface area (Å²) in [5.41, 5.74) is 1.45. The van der Waals surface area contributed by atoms with Crippen LogP contribution in [0.15, 0.2) is 70.1 Å². The number of nitrogens with zero attached hydrogens (tertiary/aromatic N) is 1. The third-order valence-electron chi connectivity index (χ3n) is 3.46. The minimum Gasteiger partial charge on any atom is -0.466 e. The number of carbonyl (C=O) groups excluding carboxylic acids is 1. The van der Waals surface area contributed by atoms with Crippen molar-refractivity contribution in [3.63, 3.8) is 0 Å². The third kappa shape index (κ3) is 4.70. The number of benzene rings is 2. The van der Waals surface area contributed by atoms with E-state index in [4.69, 9.17) is 0 Å². The Labute approximate surface area is 156 Å². The molecule has 0 N–H and O–H groups in total. The average molecular weight is 424 g/mol. The average Bonchev–Trinajstić information content (AvgIpc) is 2.59. The quantitative estimate of drug-likeness (QED) is 0.524. The van der Waals surface area contributed by atoms with Crippen molar-refractivity contribution in [2.45, 2.75) is 11.8 Å². The lowest BCUT2D eigenvalue weighted by atomic mass is 10.2. The second kappa shape index (κ2) is 8.31. The molecule has 0 saturated heterocycles. The zero-order valence-electron chi connectivity index (χ0n) is 13.8. The van der Waals surface area contributed by atoms with Gasteiger partial charge in [0.1, 0.15) is 0 Å². The van der Waals surface area contributed by atoms with Gasteiger partial charge in [0.25, 0.3) is 10.0 Å². The van der Waals surface area contributed by atoms with Gasteiger partial charge in [-0.3, -0.25) is 4.31 Å². The number of carbonyl (C=O) groups is 1. The molecule has 0 aliphatic heterocycles. The zero-order chi connectivity index (χ0) is 18.4. The second-order valence-corrected chi connectivity index (χ2v) is 7.94. The Morgan fingerprint density at radius 2 is 1.80 bits per heavy atom. The van der Waals surface area contributed by atoms with E-state index in [-0.39, 0.29) is 11.4 Å². The Balaban J connectivity index is 2.47. The van der Waals surface area contributed by atoms with Crippen LogP contribution in [0.1, 0.15) is 5.56 Å². The van der Waals surface area contributed by atoms with Gasteiger partial charge in [-0.05, 0) is 47.1 Å². The third-order valence-corrected chi connectivity index (χ3v) is 5.92. The first-order chi connectivity index (χ1) is 11.9. The maximum atomic E-state index is 13.1. The molecule has 0 spiro atoms. The van der Waals surface area contributed by atoms with Crippen LogP contribution < -0.4 is 4.31 Å². The first-order valence-electron chi connectivity index (χ1n) is 7.44. The molecule has 0 aromatic heterocycles. The summed E-state index contributed by atoms with van der Waals surface area (Å²) in [5.74, 6) is -0.542. The van der Waals surface area contributed by atoms with Crippen LogP contribution in [0.2, 0.25) is 0 Å². The number of aryl methyl sites for hydroxylation is 1. The number of hydrogen-bond acceptors (Lipinski definition) is 4. The van der Waals surface area contributed by atoms with E-state index in [1.165, 1.54) is 23.6 Å². The van der Waals surface area contributed by atoms with Gasteiger partial charge < -0.3 is 4.74 Å². The van der Waals surface area contributed by atoms with Gasteiger partial charge in [-0.15, -0.1) is 0 Å². The lowest BCUT2D eigenvalue weighted by Crippen LogP contribution is -2.31. The fourth-order valence-electron chi connectivity index (χ4n) is 2.13. The molecule has 132 valence electrons. The Bertz CT molecular complexity index is 876. The molecule has 0 radical (unpaired) electrons. The first kappa shape index (κ1) is 19.2. The molecule has 0 aliphatic rings. The normalized spacial score (nSPS) is 11.5. The van der Waals surface area contributed by atoms with Crippen molar-refractivity contribution in [2.24, 2.45) is 0 Å². The van der Waals surface area contributed by atoms with Crippen LogP contribution in [0.4, 0.5) is 5.69 Å². The molecule has 7 heteroatoms. The summed E-state index contributed by atoms with van der Waals surface area (Å²) >= 11 is 3.39. The van der Waals surface area contributed by atoms with Crippen LogP contribution in [-0.2, 0) is 19.6 Å². The minimum absolute atomic E-state index is 0.00603. The topological polar surface area (TPSA) is 63.7 Å². The van der Waals surface area contributed by atoms with Gasteiger partial charge in [0.15, 0.2) is 0 Å². The van der Waals surface area contributed by atoms with E-state index < -0.39 is 16.0 Å². The van der Waals surface area contributed by atoms with E-state index in [1.807, 2.05) is 6.92 Å². The molecule has 0 bridgehead atoms. The Morgan fingerprint density at radius 3 is 2.40 bits per heavy atom. The molecule has 0 saturated carbocycles. The summed E-state index contributed by atoms with van der Waals surface area (Å²) in [6, 6.07) is 13.6. The fraction of sp³-hybridized carbons (Fsp3) is 0.167. The van der Waals surface area contributed by atoms with Gasteiger partial charge in [-0.2, -0.15) is 0 Å². The fourth-order valence-corrected chi connectivity index (χ4v) is 4.18. The largest absolute Gasteiger partial charge is 0.466 e. The van der Waals surface area contributed by atoms with Gasteiger partial charge in [0.2, 0.25) is 0 Å². The SMILES string of the molecule is COC(=O)/C=C/CN(c1ccccc1Br)S(=O)(=O)c1ccc(C)cc1. The Morgan fingerprint density at radius 1 is 1.16 bits per heavy atom. The van der Waals surface area contributed by atoms with Gasteiger partial charge >= 0.3 is 5.97 Å². The second-order valence-electron chi connectivity index (χ2n) is 5.23. The monoisotopic (exact) mass is 423 g/mol.